The molecule has 2 aliphatic heterocycles. The van der Waals surface area contributed by atoms with Gasteiger partial charge in [0.2, 0.25) is 5.91 Å². The van der Waals surface area contributed by atoms with E-state index in [1.165, 1.54) is 24.3 Å². The third-order valence-electron chi connectivity index (χ3n) is 5.03. The van der Waals surface area contributed by atoms with Crippen molar-refractivity contribution in [2.45, 2.75) is 17.9 Å². The van der Waals surface area contributed by atoms with Crippen LogP contribution in [0.1, 0.15) is 5.56 Å². The fourth-order valence-corrected chi connectivity index (χ4v) is 4.82. The molecular weight excluding hydrogens is 398 g/mol. The van der Waals surface area contributed by atoms with Gasteiger partial charge in [-0.3, -0.25) is 4.79 Å². The Bertz CT molecular complexity index is 888. The molecule has 0 saturated carbocycles. The highest BCUT2D eigenvalue weighted by atomic mass is 32.2. The van der Waals surface area contributed by atoms with Crippen LogP contribution in [0.3, 0.4) is 0 Å². The van der Waals surface area contributed by atoms with Gasteiger partial charge in [0.25, 0.3) is 0 Å². The van der Waals surface area contributed by atoms with E-state index < -0.39 is 18.0 Å². The molecule has 5 nitrogen and oxygen atoms in total. The first-order valence-corrected chi connectivity index (χ1v) is 10.3. The maximum absolute atomic E-state index is 12.8. The third kappa shape index (κ3) is 4.60. The second kappa shape index (κ2) is 8.52. The molecule has 1 amide bonds. The molecule has 29 heavy (non-hydrogen) atoms. The number of amides is 1. The van der Waals surface area contributed by atoms with Crippen LogP contribution >= 0.6 is 0 Å². The zero-order chi connectivity index (χ0) is 20.4. The standard InChI is InChI=1S/C21H20F2N2O3S/c22-21(23)28-18-6-8-19(9-7-18)29(27)25-13-16-11-24(12-17(16)14-25)20(26)10-15-4-2-1-3-5-15/h1-9,21H,10-14H2. The third-order valence-corrected chi connectivity index (χ3v) is 6.44. The van der Waals surface area contributed by atoms with Crippen molar-refractivity contribution in [3.8, 4) is 5.75 Å². The highest BCUT2D eigenvalue weighted by Gasteiger charge is 2.37. The number of rotatable bonds is 6. The van der Waals surface area contributed by atoms with Gasteiger partial charge < -0.3 is 14.2 Å². The number of benzene rings is 2. The van der Waals surface area contributed by atoms with Gasteiger partial charge in [-0.25, -0.2) is 0 Å². The summed E-state index contributed by atoms with van der Waals surface area (Å²) in [6.07, 6.45) is 0.379. The number of hydrogen-bond acceptors (Lipinski definition) is 4. The van der Waals surface area contributed by atoms with Gasteiger partial charge in [0.1, 0.15) is 5.75 Å². The zero-order valence-electron chi connectivity index (χ0n) is 15.6. The molecule has 0 spiro atoms. The second-order valence-electron chi connectivity index (χ2n) is 7.02. The van der Waals surface area contributed by atoms with E-state index in [0.29, 0.717) is 37.5 Å². The quantitative estimate of drug-likeness (QED) is 0.535. The van der Waals surface area contributed by atoms with Gasteiger partial charge in [-0.05, 0) is 41.0 Å². The minimum absolute atomic E-state index is 0.0374. The lowest BCUT2D eigenvalue weighted by Crippen LogP contribution is -2.37. The van der Waals surface area contributed by atoms with Crippen molar-refractivity contribution >= 4 is 17.3 Å². The van der Waals surface area contributed by atoms with E-state index in [9.17, 15) is 18.1 Å². The first kappa shape index (κ1) is 19.9. The normalized spacial score (nSPS) is 17.7. The van der Waals surface area contributed by atoms with Crippen molar-refractivity contribution < 1.29 is 22.9 Å². The molecule has 2 aliphatic rings. The van der Waals surface area contributed by atoms with Crippen LogP contribution in [-0.4, -0.2) is 52.5 Å². The molecule has 0 saturated heterocycles. The van der Waals surface area contributed by atoms with Crippen LogP contribution in [0, 0.1) is 0 Å². The highest BCUT2D eigenvalue weighted by Crippen LogP contribution is 2.30. The van der Waals surface area contributed by atoms with Crippen LogP contribution in [-0.2, 0) is 22.6 Å². The average Bonchev–Trinajstić information content (AvgIpc) is 3.28. The number of hydrogen-bond donors (Lipinski definition) is 0. The Kier molecular flexibility index (Phi) is 5.84. The Hall–Kier alpha value is -2.42. The van der Waals surface area contributed by atoms with E-state index in [-0.39, 0.29) is 11.7 Å². The molecule has 0 fully saturated rings. The molecule has 4 rings (SSSR count). The summed E-state index contributed by atoms with van der Waals surface area (Å²) < 4.78 is 43.4. The van der Waals surface area contributed by atoms with Crippen molar-refractivity contribution in [2.75, 3.05) is 26.2 Å². The maximum Gasteiger partial charge on any atom is 0.387 e. The molecule has 0 aromatic heterocycles. The molecule has 1 atom stereocenters. The van der Waals surface area contributed by atoms with E-state index in [4.69, 9.17) is 0 Å². The minimum atomic E-state index is -2.88. The van der Waals surface area contributed by atoms with Gasteiger partial charge >= 0.3 is 6.61 Å². The molecule has 0 radical (unpaired) electrons. The van der Waals surface area contributed by atoms with E-state index in [1.54, 1.807) is 0 Å². The number of nitrogens with zero attached hydrogens (tertiary/aromatic N) is 2. The van der Waals surface area contributed by atoms with Gasteiger partial charge in [0.05, 0.1) is 30.9 Å². The van der Waals surface area contributed by atoms with E-state index >= 15 is 0 Å². The lowest BCUT2D eigenvalue weighted by Gasteiger charge is -2.24. The summed E-state index contributed by atoms with van der Waals surface area (Å²) in [6.45, 7) is -0.686. The molecule has 2 heterocycles. The first-order valence-electron chi connectivity index (χ1n) is 9.23. The van der Waals surface area contributed by atoms with Crippen molar-refractivity contribution in [3.63, 3.8) is 0 Å². The topological polar surface area (TPSA) is 55.8 Å². The Morgan fingerprint density at radius 1 is 1.00 bits per heavy atom. The van der Waals surface area contributed by atoms with Crippen LogP contribution in [0.5, 0.6) is 5.75 Å². The summed E-state index contributed by atoms with van der Waals surface area (Å²) in [5.74, 6) is 0.128. The van der Waals surface area contributed by atoms with Gasteiger partial charge in [-0.15, -0.1) is 4.31 Å². The number of carbonyl (C=O) groups is 1. The zero-order valence-corrected chi connectivity index (χ0v) is 16.4. The van der Waals surface area contributed by atoms with E-state index in [1.807, 2.05) is 39.5 Å². The summed E-state index contributed by atoms with van der Waals surface area (Å²) in [4.78, 5) is 14.9. The summed E-state index contributed by atoms with van der Waals surface area (Å²) in [5, 5.41) is 0. The first-order chi connectivity index (χ1) is 14.0. The number of halogens is 2. The number of alkyl halides is 2. The Labute approximate surface area is 170 Å². The van der Waals surface area contributed by atoms with Crippen molar-refractivity contribution in [1.29, 1.82) is 0 Å². The highest BCUT2D eigenvalue weighted by molar-refractivity contribution is 7.89. The lowest BCUT2D eigenvalue weighted by atomic mass is 10.1. The summed E-state index contributed by atoms with van der Waals surface area (Å²) in [5.41, 5.74) is 3.27. The molecule has 2 aromatic rings. The Morgan fingerprint density at radius 2 is 1.62 bits per heavy atom. The molecule has 152 valence electrons. The predicted molar refractivity (Wildman–Crippen MR) is 105 cm³/mol. The van der Waals surface area contributed by atoms with E-state index in [2.05, 4.69) is 4.74 Å². The van der Waals surface area contributed by atoms with Gasteiger partial charge in [-0.1, -0.05) is 30.3 Å². The fraction of sp³-hybridized carbons (Fsp3) is 0.286. The van der Waals surface area contributed by atoms with Gasteiger partial charge in [0, 0.05) is 13.1 Å². The molecule has 0 bridgehead atoms. The van der Waals surface area contributed by atoms with E-state index in [0.717, 1.165) is 16.7 Å². The molecule has 2 aromatic carbocycles. The summed E-state index contributed by atoms with van der Waals surface area (Å²) in [6, 6.07) is 15.5. The van der Waals surface area contributed by atoms with Crippen molar-refractivity contribution in [2.24, 2.45) is 0 Å². The number of carbonyl (C=O) groups excluding carboxylic acids is 1. The monoisotopic (exact) mass is 418 g/mol. The summed E-state index contributed by atoms with van der Waals surface area (Å²) >= 11 is -1.40. The molecule has 0 N–H and O–H groups in total. The molecule has 0 aliphatic carbocycles. The SMILES string of the molecule is O=C(Cc1ccccc1)N1CC2=C(C1)CN([S+]([O-])c1ccc(OC(F)F)cc1)C2. The minimum Gasteiger partial charge on any atom is -0.593 e. The van der Waals surface area contributed by atoms with Crippen LogP contribution in [0.15, 0.2) is 70.6 Å². The molecule has 1 unspecified atom stereocenters. The van der Waals surface area contributed by atoms with Crippen LogP contribution in [0.4, 0.5) is 8.78 Å². The van der Waals surface area contributed by atoms with Crippen LogP contribution < -0.4 is 4.74 Å². The largest absolute Gasteiger partial charge is 0.593 e. The fourth-order valence-electron chi connectivity index (χ4n) is 3.61. The molecule has 8 heteroatoms. The Morgan fingerprint density at radius 3 is 2.21 bits per heavy atom. The predicted octanol–water partition coefficient (Wildman–Crippen LogP) is 3.01. The van der Waals surface area contributed by atoms with Crippen LogP contribution in [0.25, 0.3) is 0 Å². The van der Waals surface area contributed by atoms with Crippen molar-refractivity contribution in [3.05, 3.63) is 71.3 Å². The van der Waals surface area contributed by atoms with Crippen molar-refractivity contribution in [1.82, 2.24) is 9.21 Å². The average molecular weight is 418 g/mol. The van der Waals surface area contributed by atoms with Crippen LogP contribution in [0.2, 0.25) is 0 Å². The maximum atomic E-state index is 12.8. The summed E-state index contributed by atoms with van der Waals surface area (Å²) in [7, 11) is 0. The smallest absolute Gasteiger partial charge is 0.387 e. The lowest BCUT2D eigenvalue weighted by molar-refractivity contribution is -0.129. The van der Waals surface area contributed by atoms with Gasteiger partial charge in [0.15, 0.2) is 4.90 Å². The number of ether oxygens (including phenoxy) is 1. The molecular formula is C21H20F2N2O3S. The van der Waals surface area contributed by atoms with Gasteiger partial charge in [-0.2, -0.15) is 8.78 Å². The Balaban J connectivity index is 1.31. The second-order valence-corrected chi connectivity index (χ2v) is 8.50.